The molecule has 0 heterocycles. The Bertz CT molecular complexity index is 1270. The number of carbonyl (C=O) groups excluding carboxylic acids is 1. The number of hydrazone groups is 1. The van der Waals surface area contributed by atoms with E-state index in [0.29, 0.717) is 16.1 Å². The van der Waals surface area contributed by atoms with E-state index in [1.54, 1.807) is 48.5 Å². The number of nitrogens with zero attached hydrogens (tertiary/aromatic N) is 2. The fraction of sp³-hybridized carbons (Fsp3) is 0.0909. The molecule has 0 unspecified atom stereocenters. The van der Waals surface area contributed by atoms with Gasteiger partial charge in [-0.3, -0.25) is 4.79 Å². The lowest BCUT2D eigenvalue weighted by Crippen LogP contribution is -2.39. The van der Waals surface area contributed by atoms with E-state index in [2.05, 4.69) is 42.4 Å². The summed E-state index contributed by atoms with van der Waals surface area (Å²) in [6.45, 7) is -0.512. The lowest BCUT2D eigenvalue weighted by atomic mass is 10.2. The summed E-state index contributed by atoms with van der Waals surface area (Å²) in [5.74, 6) is -0.659. The molecule has 0 aliphatic heterocycles. The molecule has 3 rings (SSSR count). The van der Waals surface area contributed by atoms with Crippen molar-refractivity contribution in [2.45, 2.75) is 11.4 Å². The summed E-state index contributed by atoms with van der Waals surface area (Å²) in [4.78, 5) is 12.6. The molecule has 33 heavy (non-hydrogen) atoms. The first-order valence-corrected chi connectivity index (χ1v) is 12.9. The SMILES string of the molecule is O=C(CN(Cc1ccc(Cl)cc1)S(=O)(=O)c1ccc(Br)cc1)N/N=C\c1cc(Br)ccc1O. The maximum atomic E-state index is 13.3. The van der Waals surface area contributed by atoms with E-state index in [0.717, 1.165) is 13.3 Å². The summed E-state index contributed by atoms with van der Waals surface area (Å²) in [6.07, 6.45) is 1.27. The summed E-state index contributed by atoms with van der Waals surface area (Å²) >= 11 is 12.5. The second-order valence-corrected chi connectivity index (χ2v) is 11.1. The third-order valence-electron chi connectivity index (χ3n) is 4.43. The molecule has 0 saturated carbocycles. The lowest BCUT2D eigenvalue weighted by Gasteiger charge is -2.21. The van der Waals surface area contributed by atoms with Crippen LogP contribution in [0.3, 0.4) is 0 Å². The molecule has 0 fully saturated rings. The third-order valence-corrected chi connectivity index (χ3v) is 7.51. The molecule has 0 aliphatic rings. The predicted molar refractivity (Wildman–Crippen MR) is 135 cm³/mol. The van der Waals surface area contributed by atoms with Crippen LogP contribution in [0, 0.1) is 0 Å². The van der Waals surface area contributed by atoms with E-state index in [-0.39, 0.29) is 17.2 Å². The molecule has 0 bridgehead atoms. The number of carbonyl (C=O) groups is 1. The average molecular weight is 616 g/mol. The quantitative estimate of drug-likeness (QED) is 0.278. The number of halogens is 3. The number of rotatable bonds is 8. The first-order chi connectivity index (χ1) is 15.6. The highest BCUT2D eigenvalue weighted by molar-refractivity contribution is 9.10. The van der Waals surface area contributed by atoms with Crippen LogP contribution in [0.2, 0.25) is 5.02 Å². The second kappa shape index (κ2) is 11.3. The Morgan fingerprint density at radius 1 is 1.03 bits per heavy atom. The number of phenolic OH excluding ortho intramolecular Hbond substituents is 1. The molecule has 3 aromatic carbocycles. The zero-order chi connectivity index (χ0) is 24.0. The highest BCUT2D eigenvalue weighted by Gasteiger charge is 2.27. The van der Waals surface area contributed by atoms with Gasteiger partial charge in [-0.05, 0) is 60.2 Å². The molecule has 0 radical (unpaired) electrons. The number of phenols is 1. The third kappa shape index (κ3) is 7.12. The van der Waals surface area contributed by atoms with E-state index < -0.39 is 22.5 Å². The number of aromatic hydroxyl groups is 1. The Kier molecular flexibility index (Phi) is 8.66. The summed E-state index contributed by atoms with van der Waals surface area (Å²) in [5.41, 5.74) is 3.35. The molecule has 11 heteroatoms. The minimum Gasteiger partial charge on any atom is -0.507 e. The molecule has 0 aliphatic carbocycles. The van der Waals surface area contributed by atoms with Gasteiger partial charge in [0, 0.05) is 26.1 Å². The molecule has 0 spiro atoms. The van der Waals surface area contributed by atoms with Gasteiger partial charge in [-0.2, -0.15) is 9.41 Å². The Labute approximate surface area is 213 Å². The maximum Gasteiger partial charge on any atom is 0.255 e. The Morgan fingerprint density at radius 3 is 2.33 bits per heavy atom. The van der Waals surface area contributed by atoms with Gasteiger partial charge in [0.2, 0.25) is 10.0 Å². The highest BCUT2D eigenvalue weighted by atomic mass is 79.9. The number of hydrogen-bond acceptors (Lipinski definition) is 5. The van der Waals surface area contributed by atoms with Gasteiger partial charge in [0.25, 0.3) is 5.91 Å². The Balaban J connectivity index is 1.80. The van der Waals surface area contributed by atoms with Crippen molar-refractivity contribution in [2.24, 2.45) is 5.10 Å². The Hall–Kier alpha value is -2.24. The summed E-state index contributed by atoms with van der Waals surface area (Å²) in [6, 6.07) is 17.6. The number of nitrogens with one attached hydrogen (secondary N) is 1. The summed E-state index contributed by atoms with van der Waals surface area (Å²) < 4.78 is 29.0. The second-order valence-electron chi connectivity index (χ2n) is 6.85. The fourth-order valence-electron chi connectivity index (χ4n) is 2.77. The van der Waals surface area contributed by atoms with Gasteiger partial charge in [-0.1, -0.05) is 55.6 Å². The van der Waals surface area contributed by atoms with E-state index >= 15 is 0 Å². The van der Waals surface area contributed by atoms with Crippen molar-refractivity contribution in [1.29, 1.82) is 0 Å². The van der Waals surface area contributed by atoms with E-state index in [1.165, 1.54) is 24.4 Å². The minimum absolute atomic E-state index is 0.0154. The van der Waals surface area contributed by atoms with Crippen molar-refractivity contribution in [2.75, 3.05) is 6.54 Å². The van der Waals surface area contributed by atoms with Crippen LogP contribution in [0.25, 0.3) is 0 Å². The Morgan fingerprint density at radius 2 is 1.67 bits per heavy atom. The predicted octanol–water partition coefficient (Wildman–Crippen LogP) is 4.91. The number of hydrogen-bond donors (Lipinski definition) is 2. The molecule has 172 valence electrons. The largest absolute Gasteiger partial charge is 0.507 e. The van der Waals surface area contributed by atoms with Crippen LogP contribution in [0.1, 0.15) is 11.1 Å². The average Bonchev–Trinajstić information content (AvgIpc) is 2.77. The first-order valence-electron chi connectivity index (χ1n) is 9.46. The van der Waals surface area contributed by atoms with Crippen LogP contribution in [-0.2, 0) is 21.4 Å². The lowest BCUT2D eigenvalue weighted by molar-refractivity contribution is -0.121. The molecular weight excluding hydrogens is 598 g/mol. The van der Waals surface area contributed by atoms with Gasteiger partial charge < -0.3 is 5.11 Å². The van der Waals surface area contributed by atoms with Gasteiger partial charge in [0.1, 0.15) is 5.75 Å². The standard InChI is InChI=1S/C22H18Br2ClN3O4S/c23-17-3-8-20(9-4-17)33(31,32)28(13-15-1-6-19(25)7-2-15)14-22(30)27-26-12-16-11-18(24)5-10-21(16)29/h1-12,29H,13-14H2,(H,27,30)/b26-12-. The van der Waals surface area contributed by atoms with Gasteiger partial charge in [0.05, 0.1) is 17.7 Å². The summed E-state index contributed by atoms with van der Waals surface area (Å²) in [5, 5.41) is 14.2. The van der Waals surface area contributed by atoms with Crippen LogP contribution in [0.5, 0.6) is 5.75 Å². The van der Waals surface area contributed by atoms with Crippen LogP contribution >= 0.6 is 43.5 Å². The van der Waals surface area contributed by atoms with Crippen LogP contribution in [0.4, 0.5) is 0 Å². The van der Waals surface area contributed by atoms with Crippen molar-refractivity contribution in [3.8, 4) is 5.75 Å². The molecule has 7 nitrogen and oxygen atoms in total. The monoisotopic (exact) mass is 613 g/mol. The van der Waals surface area contributed by atoms with Crippen molar-refractivity contribution in [1.82, 2.24) is 9.73 Å². The van der Waals surface area contributed by atoms with E-state index in [4.69, 9.17) is 11.6 Å². The number of amides is 1. The normalized spacial score (nSPS) is 11.8. The van der Waals surface area contributed by atoms with Crippen molar-refractivity contribution in [3.05, 3.63) is 91.8 Å². The first kappa shape index (κ1) is 25.4. The highest BCUT2D eigenvalue weighted by Crippen LogP contribution is 2.22. The van der Waals surface area contributed by atoms with Crippen LogP contribution in [0.15, 0.2) is 85.7 Å². The zero-order valence-corrected chi connectivity index (χ0v) is 21.7. The topological polar surface area (TPSA) is 99.1 Å². The number of benzene rings is 3. The molecule has 1 amide bonds. The molecule has 3 aromatic rings. The molecule has 0 saturated heterocycles. The van der Waals surface area contributed by atoms with Crippen molar-refractivity contribution < 1.29 is 18.3 Å². The molecule has 0 atom stereocenters. The van der Waals surface area contributed by atoms with Crippen LogP contribution in [-0.4, -0.2) is 36.5 Å². The maximum absolute atomic E-state index is 13.3. The van der Waals surface area contributed by atoms with E-state index in [9.17, 15) is 18.3 Å². The number of sulfonamides is 1. The summed E-state index contributed by atoms with van der Waals surface area (Å²) in [7, 11) is -3.99. The van der Waals surface area contributed by atoms with Gasteiger partial charge >= 0.3 is 0 Å². The van der Waals surface area contributed by atoms with Crippen molar-refractivity contribution >= 4 is 65.6 Å². The minimum atomic E-state index is -3.99. The smallest absolute Gasteiger partial charge is 0.255 e. The van der Waals surface area contributed by atoms with E-state index in [1.807, 2.05) is 0 Å². The van der Waals surface area contributed by atoms with Crippen molar-refractivity contribution in [3.63, 3.8) is 0 Å². The van der Waals surface area contributed by atoms with Crippen LogP contribution < -0.4 is 5.43 Å². The van der Waals surface area contributed by atoms with Gasteiger partial charge in [0.15, 0.2) is 0 Å². The van der Waals surface area contributed by atoms with Gasteiger partial charge in [-0.15, -0.1) is 0 Å². The molecular formula is C22H18Br2ClN3O4S. The molecule has 0 aromatic heterocycles. The zero-order valence-electron chi connectivity index (χ0n) is 17.0. The van der Waals surface area contributed by atoms with Gasteiger partial charge in [-0.25, -0.2) is 13.8 Å². The fourth-order valence-corrected chi connectivity index (χ4v) is 4.93. The molecule has 2 N–H and O–H groups in total.